The van der Waals surface area contributed by atoms with Crippen LogP contribution in [-0.2, 0) is 14.8 Å². The van der Waals surface area contributed by atoms with E-state index in [4.69, 9.17) is 9.47 Å². The lowest BCUT2D eigenvalue weighted by Crippen LogP contribution is -2.40. The van der Waals surface area contributed by atoms with Gasteiger partial charge in [-0.05, 0) is 50.1 Å². The van der Waals surface area contributed by atoms with Gasteiger partial charge < -0.3 is 14.8 Å². The van der Waals surface area contributed by atoms with Crippen molar-refractivity contribution >= 4 is 21.6 Å². The van der Waals surface area contributed by atoms with Crippen molar-refractivity contribution in [1.29, 1.82) is 0 Å². The van der Waals surface area contributed by atoms with E-state index in [1.165, 1.54) is 29.6 Å². The lowest BCUT2D eigenvalue weighted by molar-refractivity contribution is 0.0730. The fourth-order valence-corrected chi connectivity index (χ4v) is 4.95. The van der Waals surface area contributed by atoms with E-state index in [9.17, 15) is 13.2 Å². The number of carbonyl (C=O) groups is 1. The number of nitrogens with one attached hydrogen (secondary N) is 1. The average Bonchev–Trinajstić information content (AvgIpc) is 2.70. The third kappa shape index (κ3) is 4.44. The number of aryl methyl sites for hydroxylation is 3. The van der Waals surface area contributed by atoms with Gasteiger partial charge in [0.2, 0.25) is 10.0 Å². The van der Waals surface area contributed by atoms with Crippen LogP contribution in [0.1, 0.15) is 27.0 Å². The van der Waals surface area contributed by atoms with Crippen LogP contribution in [0.15, 0.2) is 35.2 Å². The molecule has 3 rings (SSSR count). The zero-order chi connectivity index (χ0) is 21.2. The van der Waals surface area contributed by atoms with Crippen molar-refractivity contribution in [2.24, 2.45) is 0 Å². The molecule has 1 fully saturated rings. The third-order valence-electron chi connectivity index (χ3n) is 4.94. The smallest absolute Gasteiger partial charge is 0.259 e. The number of sulfonamides is 1. The maximum Gasteiger partial charge on any atom is 0.259 e. The molecule has 0 saturated carbocycles. The number of benzene rings is 2. The van der Waals surface area contributed by atoms with Gasteiger partial charge in [0.25, 0.3) is 5.91 Å². The molecule has 29 heavy (non-hydrogen) atoms. The molecule has 1 heterocycles. The Bertz CT molecular complexity index is 1000. The summed E-state index contributed by atoms with van der Waals surface area (Å²) in [6.07, 6.45) is 0. The Morgan fingerprint density at radius 1 is 1.07 bits per heavy atom. The van der Waals surface area contributed by atoms with Crippen LogP contribution in [0.4, 0.5) is 5.69 Å². The Balaban J connectivity index is 1.96. The van der Waals surface area contributed by atoms with Crippen LogP contribution in [0.5, 0.6) is 5.75 Å². The van der Waals surface area contributed by atoms with Crippen LogP contribution in [0.3, 0.4) is 0 Å². The van der Waals surface area contributed by atoms with E-state index in [1.54, 1.807) is 0 Å². The molecular formula is C21H26N2O5S. The van der Waals surface area contributed by atoms with E-state index < -0.39 is 15.9 Å². The SMILES string of the molecule is COc1ccc(S(=O)(=O)N2CCOCC2)cc1C(=O)Nc1c(C)cc(C)cc1C. The molecular weight excluding hydrogens is 392 g/mol. The van der Waals surface area contributed by atoms with E-state index in [0.717, 1.165) is 16.7 Å². The van der Waals surface area contributed by atoms with Gasteiger partial charge in [0.05, 0.1) is 30.8 Å². The van der Waals surface area contributed by atoms with E-state index in [2.05, 4.69) is 5.32 Å². The minimum Gasteiger partial charge on any atom is -0.496 e. The topological polar surface area (TPSA) is 84.9 Å². The second-order valence-corrected chi connectivity index (χ2v) is 9.04. The van der Waals surface area contributed by atoms with Gasteiger partial charge in [0.1, 0.15) is 5.75 Å². The summed E-state index contributed by atoms with van der Waals surface area (Å²) >= 11 is 0. The second-order valence-electron chi connectivity index (χ2n) is 7.11. The lowest BCUT2D eigenvalue weighted by atomic mass is 10.0. The molecule has 1 aliphatic rings. The summed E-state index contributed by atoms with van der Waals surface area (Å²) in [7, 11) is -2.27. The van der Waals surface area contributed by atoms with Crippen LogP contribution in [0.2, 0.25) is 0 Å². The Hall–Kier alpha value is -2.42. The summed E-state index contributed by atoms with van der Waals surface area (Å²) in [5.74, 6) is -0.109. The first-order valence-corrected chi connectivity index (χ1v) is 10.8. The normalized spacial score (nSPS) is 15.2. The van der Waals surface area contributed by atoms with Gasteiger partial charge in [-0.25, -0.2) is 8.42 Å². The standard InChI is InChI=1S/C21H26N2O5S/c1-14-11-15(2)20(16(3)12-14)22-21(24)18-13-17(5-6-19(18)27-4)29(25,26)23-7-9-28-10-8-23/h5-6,11-13H,7-10H2,1-4H3,(H,22,24). The van der Waals surface area contributed by atoms with Gasteiger partial charge in [-0.3, -0.25) is 4.79 Å². The van der Waals surface area contributed by atoms with Crippen molar-refractivity contribution in [2.75, 3.05) is 38.7 Å². The first-order valence-electron chi connectivity index (χ1n) is 9.39. The van der Waals surface area contributed by atoms with Crippen molar-refractivity contribution in [3.8, 4) is 5.75 Å². The highest BCUT2D eigenvalue weighted by Gasteiger charge is 2.28. The van der Waals surface area contributed by atoms with Crippen LogP contribution < -0.4 is 10.1 Å². The molecule has 0 radical (unpaired) electrons. The van der Waals surface area contributed by atoms with Crippen molar-refractivity contribution in [3.05, 3.63) is 52.6 Å². The van der Waals surface area contributed by atoms with E-state index >= 15 is 0 Å². The number of morpholine rings is 1. The number of methoxy groups -OCH3 is 1. The van der Waals surface area contributed by atoms with Crippen LogP contribution >= 0.6 is 0 Å². The van der Waals surface area contributed by atoms with Gasteiger partial charge >= 0.3 is 0 Å². The Morgan fingerprint density at radius 3 is 2.28 bits per heavy atom. The summed E-state index contributed by atoms with van der Waals surface area (Å²) in [6.45, 7) is 7.13. The number of hydrogen-bond donors (Lipinski definition) is 1. The van der Waals surface area contributed by atoms with E-state index in [-0.39, 0.29) is 23.5 Å². The predicted octanol–water partition coefficient (Wildman–Crippen LogP) is 2.89. The van der Waals surface area contributed by atoms with Gasteiger partial charge in [-0.1, -0.05) is 17.7 Å². The summed E-state index contributed by atoms with van der Waals surface area (Å²) in [4.78, 5) is 13.1. The van der Waals surface area contributed by atoms with Gasteiger partial charge in [-0.2, -0.15) is 4.31 Å². The number of hydrogen-bond acceptors (Lipinski definition) is 5. The largest absolute Gasteiger partial charge is 0.496 e. The van der Waals surface area contributed by atoms with Crippen LogP contribution in [0.25, 0.3) is 0 Å². The van der Waals surface area contributed by atoms with Crippen molar-refractivity contribution < 1.29 is 22.7 Å². The van der Waals surface area contributed by atoms with Crippen LogP contribution in [0, 0.1) is 20.8 Å². The first-order chi connectivity index (χ1) is 13.7. The Labute approximate surface area is 171 Å². The number of rotatable bonds is 5. The molecule has 1 aliphatic heterocycles. The molecule has 0 aliphatic carbocycles. The highest BCUT2D eigenvalue weighted by atomic mass is 32.2. The number of amides is 1. The van der Waals surface area contributed by atoms with Crippen LogP contribution in [-0.4, -0.2) is 52.0 Å². The molecule has 156 valence electrons. The summed E-state index contributed by atoms with van der Waals surface area (Å²) in [6, 6.07) is 8.32. The molecule has 0 atom stereocenters. The zero-order valence-electron chi connectivity index (χ0n) is 17.1. The number of ether oxygens (including phenoxy) is 2. The van der Waals surface area contributed by atoms with Gasteiger partial charge in [-0.15, -0.1) is 0 Å². The average molecular weight is 419 g/mol. The minimum absolute atomic E-state index is 0.0581. The molecule has 1 amide bonds. The molecule has 2 aromatic carbocycles. The molecule has 0 bridgehead atoms. The predicted molar refractivity (Wildman–Crippen MR) is 111 cm³/mol. The first kappa shape index (κ1) is 21.3. The monoisotopic (exact) mass is 418 g/mol. The molecule has 7 nitrogen and oxygen atoms in total. The zero-order valence-corrected chi connectivity index (χ0v) is 17.9. The summed E-state index contributed by atoms with van der Waals surface area (Å²) in [5, 5.41) is 2.91. The molecule has 0 aromatic heterocycles. The molecule has 1 N–H and O–H groups in total. The summed E-state index contributed by atoms with van der Waals surface area (Å²) in [5.41, 5.74) is 3.86. The highest BCUT2D eigenvalue weighted by molar-refractivity contribution is 7.89. The minimum atomic E-state index is -3.72. The Morgan fingerprint density at radius 2 is 1.69 bits per heavy atom. The van der Waals surface area contributed by atoms with Crippen molar-refractivity contribution in [2.45, 2.75) is 25.7 Å². The molecule has 1 saturated heterocycles. The molecule has 0 unspecified atom stereocenters. The van der Waals surface area contributed by atoms with Gasteiger partial charge in [0, 0.05) is 18.8 Å². The molecule has 8 heteroatoms. The quantitative estimate of drug-likeness (QED) is 0.807. The Kier molecular flexibility index (Phi) is 6.26. The highest BCUT2D eigenvalue weighted by Crippen LogP contribution is 2.28. The molecule has 0 spiro atoms. The summed E-state index contributed by atoms with van der Waals surface area (Å²) < 4.78 is 37.8. The number of anilines is 1. The van der Waals surface area contributed by atoms with Crippen molar-refractivity contribution in [3.63, 3.8) is 0 Å². The maximum atomic E-state index is 13.0. The fraction of sp³-hybridized carbons (Fsp3) is 0.381. The third-order valence-corrected chi connectivity index (χ3v) is 6.83. The second kappa shape index (κ2) is 8.52. The molecule has 2 aromatic rings. The van der Waals surface area contributed by atoms with Crippen molar-refractivity contribution in [1.82, 2.24) is 4.31 Å². The maximum absolute atomic E-state index is 13.0. The number of carbonyl (C=O) groups excluding carboxylic acids is 1. The van der Waals surface area contributed by atoms with E-state index in [0.29, 0.717) is 24.7 Å². The van der Waals surface area contributed by atoms with Gasteiger partial charge in [0.15, 0.2) is 0 Å². The lowest BCUT2D eigenvalue weighted by Gasteiger charge is -2.26. The number of nitrogens with zero attached hydrogens (tertiary/aromatic N) is 1. The fourth-order valence-electron chi connectivity index (χ4n) is 3.52. The van der Waals surface area contributed by atoms with E-state index in [1.807, 2.05) is 32.9 Å².